The van der Waals surface area contributed by atoms with Crippen LogP contribution in [0.15, 0.2) is 124 Å². The molecule has 22 heteroatoms. The van der Waals surface area contributed by atoms with Crippen LogP contribution in [0.25, 0.3) is 0 Å². The molecule has 0 fully saturated rings. The summed E-state index contributed by atoms with van der Waals surface area (Å²) in [7, 11) is -14.5. The minimum Gasteiger partial charge on any atom is -0.744 e. The molecule has 6 aromatic rings. The summed E-state index contributed by atoms with van der Waals surface area (Å²) in [5.41, 5.74) is 0.360. The quantitative estimate of drug-likeness (QED) is 0.152. The van der Waals surface area contributed by atoms with E-state index in [1.165, 1.54) is 36.4 Å². The molecule has 318 valence electrons. The molecule has 0 amide bonds. The zero-order chi connectivity index (χ0) is 46.1. The first-order chi connectivity index (χ1) is 29.5. The fourth-order valence-corrected chi connectivity index (χ4v) is 10.2. The van der Waals surface area contributed by atoms with E-state index in [1.54, 1.807) is 36.4 Å². The van der Waals surface area contributed by atoms with Gasteiger partial charge in [-0.3, -0.25) is 28.8 Å². The Labute approximate surface area is 388 Å². The van der Waals surface area contributed by atoms with E-state index in [1.807, 2.05) is 0 Å². The van der Waals surface area contributed by atoms with Crippen LogP contribution >= 0.6 is 34.8 Å². The van der Waals surface area contributed by atoms with Crippen molar-refractivity contribution in [2.45, 2.75) is 14.7 Å². The molecule has 0 N–H and O–H groups in total. The smallest absolute Gasteiger partial charge is 0.744 e. The molecule has 0 saturated carbocycles. The normalized spacial score (nSPS) is 13.6. The molecule has 0 aromatic heterocycles. The van der Waals surface area contributed by atoms with Crippen LogP contribution in [-0.4, -0.2) is 91.0 Å². The first-order valence-corrected chi connectivity index (χ1v) is 22.7. The molecule has 9 rings (SSSR count). The van der Waals surface area contributed by atoms with Gasteiger partial charge >= 0.3 is 17.4 Å². The van der Waals surface area contributed by atoms with E-state index in [4.69, 9.17) is 34.8 Å². The SMILES string of the molecule is O=C1c2ccccc2C(=O)c2c1ccc(S(=O)(=O)[O-])c2Cl.O=C1c2ccccc2C(=O)c2c1ccc(S(=O)(=O)[O-])c2Cl.O=C1c2ccccc2C(=O)c2c1ccc(S(=O)(=O)[O-])c2Cl.[Al+3]. The van der Waals surface area contributed by atoms with Gasteiger partial charge in [0.25, 0.3) is 0 Å². The second-order valence-electron chi connectivity index (χ2n) is 13.4. The number of hydrogen-bond acceptors (Lipinski definition) is 15. The minimum atomic E-state index is -4.83. The maximum Gasteiger partial charge on any atom is 3.00 e. The van der Waals surface area contributed by atoms with Gasteiger partial charge in [0.2, 0.25) is 0 Å². The van der Waals surface area contributed by atoms with Crippen LogP contribution in [0.2, 0.25) is 15.1 Å². The summed E-state index contributed by atoms with van der Waals surface area (Å²) in [4.78, 5) is 72.1. The summed E-state index contributed by atoms with van der Waals surface area (Å²) < 4.78 is 100. The van der Waals surface area contributed by atoms with Crippen molar-refractivity contribution in [1.29, 1.82) is 0 Å². The van der Waals surface area contributed by atoms with E-state index in [0.717, 1.165) is 36.4 Å². The third-order valence-electron chi connectivity index (χ3n) is 9.79. The molecular weight excluding hydrogens is 974 g/mol. The van der Waals surface area contributed by atoms with E-state index >= 15 is 0 Å². The van der Waals surface area contributed by atoms with Gasteiger partial charge in [-0.15, -0.1) is 0 Å². The number of fused-ring (bicyclic) bond motifs is 6. The van der Waals surface area contributed by atoms with Gasteiger partial charge in [0, 0.05) is 50.1 Å². The Kier molecular flexibility index (Phi) is 13.1. The van der Waals surface area contributed by atoms with Gasteiger partial charge in [0.1, 0.15) is 30.4 Å². The Morgan fingerprint density at radius 2 is 0.484 bits per heavy atom. The number of ketones is 6. The van der Waals surface area contributed by atoms with Gasteiger partial charge in [-0.25, -0.2) is 25.3 Å². The Balaban J connectivity index is 0.000000158. The molecule has 3 aliphatic rings. The Morgan fingerprint density at radius 1 is 0.297 bits per heavy atom. The van der Waals surface area contributed by atoms with Gasteiger partial charge in [-0.1, -0.05) is 108 Å². The largest absolute Gasteiger partial charge is 3.00 e. The number of benzene rings is 6. The van der Waals surface area contributed by atoms with Gasteiger partial charge in [-0.05, 0) is 36.4 Å². The van der Waals surface area contributed by atoms with Crippen LogP contribution in [0.5, 0.6) is 0 Å². The number of halogens is 3. The number of rotatable bonds is 3. The van der Waals surface area contributed by atoms with Gasteiger partial charge in [0.15, 0.2) is 34.7 Å². The first-order valence-electron chi connectivity index (χ1n) is 17.4. The number of carbonyl (C=O) groups excluding carboxylic acids is 6. The van der Waals surface area contributed by atoms with E-state index < -0.39 is 94.8 Å². The van der Waals surface area contributed by atoms with Crippen LogP contribution in [0.3, 0.4) is 0 Å². The first kappa shape index (κ1) is 47.9. The van der Waals surface area contributed by atoms with Crippen LogP contribution in [-0.2, 0) is 30.4 Å². The third-order valence-corrected chi connectivity index (χ3v) is 13.9. The molecule has 0 spiro atoms. The predicted molar refractivity (Wildman–Crippen MR) is 224 cm³/mol. The van der Waals surface area contributed by atoms with E-state index in [9.17, 15) is 67.7 Å². The van der Waals surface area contributed by atoms with E-state index in [2.05, 4.69) is 0 Å². The molecule has 64 heavy (non-hydrogen) atoms. The maximum absolute atomic E-state index is 12.4. The molecular formula is C42H18AlCl3O15S3. The average molecular weight is 992 g/mol. The summed E-state index contributed by atoms with van der Waals surface area (Å²) in [6, 6.07) is 24.7. The van der Waals surface area contributed by atoms with Crippen molar-refractivity contribution in [3.05, 3.63) is 191 Å². The van der Waals surface area contributed by atoms with Gasteiger partial charge < -0.3 is 13.7 Å². The molecule has 0 aliphatic heterocycles. The molecule has 6 aromatic carbocycles. The van der Waals surface area contributed by atoms with Crippen molar-refractivity contribution >= 4 is 117 Å². The molecule has 15 nitrogen and oxygen atoms in total. The zero-order valence-electron chi connectivity index (χ0n) is 31.5. The summed E-state index contributed by atoms with van der Waals surface area (Å²) in [6.45, 7) is 0. The summed E-state index contributed by atoms with van der Waals surface area (Å²) >= 11 is 17.7. The predicted octanol–water partition coefficient (Wildman–Crippen LogP) is 5.68. The second kappa shape index (κ2) is 17.5. The van der Waals surface area contributed by atoms with Crippen molar-refractivity contribution in [3.63, 3.8) is 0 Å². The van der Waals surface area contributed by atoms with Gasteiger partial charge in [0.05, 0.1) is 46.4 Å². The molecule has 0 atom stereocenters. The van der Waals surface area contributed by atoms with Crippen molar-refractivity contribution in [2.75, 3.05) is 0 Å². The van der Waals surface area contributed by atoms with E-state index in [-0.39, 0.29) is 84.1 Å². The number of carbonyl (C=O) groups is 6. The minimum absolute atomic E-state index is 0. The molecule has 0 heterocycles. The fourth-order valence-electron chi connectivity index (χ4n) is 6.96. The Morgan fingerprint density at radius 3 is 0.672 bits per heavy atom. The summed E-state index contributed by atoms with van der Waals surface area (Å²) in [5, 5.41) is -1.51. The van der Waals surface area contributed by atoms with Crippen molar-refractivity contribution in [1.82, 2.24) is 0 Å². The van der Waals surface area contributed by atoms with E-state index in [0.29, 0.717) is 0 Å². The van der Waals surface area contributed by atoms with Crippen LogP contribution in [0.4, 0.5) is 0 Å². The molecule has 3 aliphatic carbocycles. The molecule has 0 bridgehead atoms. The summed E-state index contributed by atoms with van der Waals surface area (Å²) in [6.07, 6.45) is 0. The van der Waals surface area contributed by atoms with Crippen LogP contribution < -0.4 is 0 Å². The molecule has 0 saturated heterocycles. The second-order valence-corrected chi connectivity index (χ2v) is 18.6. The number of hydrogen-bond donors (Lipinski definition) is 0. The zero-order valence-corrected chi connectivity index (χ0v) is 37.3. The molecule has 0 radical (unpaired) electrons. The van der Waals surface area contributed by atoms with Crippen molar-refractivity contribution in [3.8, 4) is 0 Å². The molecule has 0 unspecified atom stereocenters. The Hall–Kier alpha value is -5.53. The van der Waals surface area contributed by atoms with Crippen LogP contribution in [0.1, 0.15) is 95.5 Å². The fraction of sp³-hybridized carbons (Fsp3) is 0. The third kappa shape index (κ3) is 8.33. The van der Waals surface area contributed by atoms with Gasteiger partial charge in [-0.2, -0.15) is 0 Å². The topological polar surface area (TPSA) is 274 Å². The monoisotopic (exact) mass is 990 g/mol. The summed E-state index contributed by atoms with van der Waals surface area (Å²) in [5.74, 6) is -3.02. The maximum atomic E-state index is 12.4. The van der Waals surface area contributed by atoms with Crippen molar-refractivity contribution in [2.24, 2.45) is 0 Å². The van der Waals surface area contributed by atoms with Crippen molar-refractivity contribution < 1.29 is 67.7 Å². The standard InChI is InChI=1S/3C14H7ClO5S.Al/c3*15-12-10(21(18,19)20)6-5-9-11(12)14(17)8-4-2-1-3-7(8)13(9)16;/h3*1-6H,(H,18,19,20);/q;;;+3/p-3. The van der Waals surface area contributed by atoms with Crippen LogP contribution in [0, 0.1) is 0 Å². The Bertz CT molecular complexity index is 3120. The average Bonchev–Trinajstić information content (AvgIpc) is 3.22.